The van der Waals surface area contributed by atoms with Gasteiger partial charge in [0.05, 0.1) is 10.6 Å². The number of hydrogen-bond donors (Lipinski definition) is 1. The highest BCUT2D eigenvalue weighted by molar-refractivity contribution is 7.89. The molecular weight excluding hydrogens is 336 g/mol. The fourth-order valence-corrected chi connectivity index (χ4v) is 4.57. The molecule has 23 heavy (non-hydrogen) atoms. The molecule has 8 heteroatoms. The molecule has 0 saturated carbocycles. The molecule has 0 spiro atoms. The molecule has 1 aromatic carbocycles. The first-order valence-electron chi connectivity index (χ1n) is 7.10. The fraction of sp³-hybridized carbons (Fsp3) is 0.267. The van der Waals surface area contributed by atoms with Crippen molar-refractivity contribution in [2.24, 2.45) is 0 Å². The normalized spacial score (nSPS) is 14.3. The molecule has 1 amide bonds. The van der Waals surface area contributed by atoms with Gasteiger partial charge in [-0.3, -0.25) is 4.79 Å². The van der Waals surface area contributed by atoms with Gasteiger partial charge >= 0.3 is 0 Å². The number of carbonyl (C=O) groups is 1. The van der Waals surface area contributed by atoms with Crippen molar-refractivity contribution in [3.05, 3.63) is 40.6 Å². The molecule has 6 nitrogen and oxygen atoms in total. The third kappa shape index (κ3) is 3.24. The number of rotatable bonds is 5. The molecule has 0 fully saturated rings. The van der Waals surface area contributed by atoms with Crippen LogP contribution >= 0.6 is 11.3 Å². The van der Waals surface area contributed by atoms with Crippen LogP contribution in [0.1, 0.15) is 11.8 Å². The van der Waals surface area contributed by atoms with Gasteiger partial charge in [-0.15, -0.1) is 11.3 Å². The van der Waals surface area contributed by atoms with E-state index in [0.29, 0.717) is 24.5 Å². The summed E-state index contributed by atoms with van der Waals surface area (Å²) in [4.78, 5) is 12.5. The van der Waals surface area contributed by atoms with Crippen LogP contribution in [0.5, 0.6) is 5.75 Å². The van der Waals surface area contributed by atoms with Crippen molar-refractivity contribution in [3.63, 3.8) is 0 Å². The molecule has 0 unspecified atom stereocenters. The molecule has 2 heterocycles. The molecular formula is C15H16N2O4S2. The van der Waals surface area contributed by atoms with Gasteiger partial charge in [-0.25, -0.2) is 8.42 Å². The van der Waals surface area contributed by atoms with Crippen LogP contribution in [0, 0.1) is 0 Å². The average Bonchev–Trinajstić information content (AvgIpc) is 3.04. The lowest BCUT2D eigenvalue weighted by atomic mass is 10.2. The lowest BCUT2D eigenvalue weighted by molar-refractivity contribution is -0.118. The van der Waals surface area contributed by atoms with Crippen molar-refractivity contribution in [2.45, 2.75) is 18.4 Å². The number of fused-ring (bicyclic) bond motifs is 1. The number of sulfonamides is 1. The Kier molecular flexibility index (Phi) is 4.38. The summed E-state index contributed by atoms with van der Waals surface area (Å²) in [6.45, 7) is 2.43. The van der Waals surface area contributed by atoms with Crippen LogP contribution in [0.2, 0.25) is 0 Å². The number of nitrogens with zero attached hydrogens (tertiary/aromatic N) is 1. The number of thiophene rings is 1. The van der Waals surface area contributed by atoms with Gasteiger partial charge in [0.15, 0.2) is 6.61 Å². The van der Waals surface area contributed by atoms with Gasteiger partial charge in [-0.05, 0) is 29.6 Å². The Morgan fingerprint density at radius 3 is 2.87 bits per heavy atom. The number of ether oxygens (including phenoxy) is 1. The van der Waals surface area contributed by atoms with E-state index in [-0.39, 0.29) is 17.4 Å². The van der Waals surface area contributed by atoms with Crippen molar-refractivity contribution >= 4 is 33.0 Å². The predicted molar refractivity (Wildman–Crippen MR) is 88.2 cm³/mol. The summed E-state index contributed by atoms with van der Waals surface area (Å²) in [6.07, 6.45) is 0. The minimum Gasteiger partial charge on any atom is -0.482 e. The van der Waals surface area contributed by atoms with E-state index < -0.39 is 10.0 Å². The van der Waals surface area contributed by atoms with Crippen LogP contribution in [-0.2, 0) is 21.4 Å². The summed E-state index contributed by atoms with van der Waals surface area (Å²) in [5.74, 6) is 0.183. The minimum atomic E-state index is -3.65. The maximum Gasteiger partial charge on any atom is 0.262 e. The second-order valence-corrected chi connectivity index (χ2v) is 7.98. The van der Waals surface area contributed by atoms with Gasteiger partial charge in [-0.1, -0.05) is 13.0 Å². The number of nitrogens with one attached hydrogen (secondary N) is 1. The Hall–Kier alpha value is -1.90. The topological polar surface area (TPSA) is 75.7 Å². The quantitative estimate of drug-likeness (QED) is 0.896. The van der Waals surface area contributed by atoms with Crippen molar-refractivity contribution < 1.29 is 17.9 Å². The molecule has 1 aromatic heterocycles. The second kappa shape index (κ2) is 6.31. The highest BCUT2D eigenvalue weighted by Gasteiger charge is 2.26. The number of carbonyl (C=O) groups excluding carboxylic acids is 1. The van der Waals surface area contributed by atoms with Gasteiger partial charge in [0.2, 0.25) is 10.0 Å². The van der Waals surface area contributed by atoms with Crippen molar-refractivity contribution in [1.29, 1.82) is 0 Å². The summed E-state index contributed by atoms with van der Waals surface area (Å²) in [7, 11) is -3.65. The first-order chi connectivity index (χ1) is 11.0. The Morgan fingerprint density at radius 1 is 1.35 bits per heavy atom. The Morgan fingerprint density at radius 2 is 2.17 bits per heavy atom. The molecule has 0 bridgehead atoms. The van der Waals surface area contributed by atoms with Crippen LogP contribution < -0.4 is 10.1 Å². The van der Waals surface area contributed by atoms with Crippen LogP contribution in [-0.4, -0.2) is 31.8 Å². The van der Waals surface area contributed by atoms with E-state index in [9.17, 15) is 13.2 Å². The number of hydrogen-bond acceptors (Lipinski definition) is 5. The maximum atomic E-state index is 12.8. The number of amides is 1. The van der Waals surface area contributed by atoms with Gasteiger partial charge in [0, 0.05) is 18.0 Å². The Labute approximate surface area is 138 Å². The van der Waals surface area contributed by atoms with E-state index in [1.165, 1.54) is 27.8 Å². The number of anilines is 1. The summed E-state index contributed by atoms with van der Waals surface area (Å²) in [6, 6.07) is 8.32. The fourth-order valence-electron chi connectivity index (χ4n) is 2.31. The highest BCUT2D eigenvalue weighted by Crippen LogP contribution is 2.31. The smallest absolute Gasteiger partial charge is 0.262 e. The predicted octanol–water partition coefficient (Wildman–Crippen LogP) is 2.29. The lowest BCUT2D eigenvalue weighted by Crippen LogP contribution is -2.30. The van der Waals surface area contributed by atoms with Crippen LogP contribution in [0.25, 0.3) is 0 Å². The van der Waals surface area contributed by atoms with Crippen LogP contribution in [0.3, 0.4) is 0 Å². The summed E-state index contributed by atoms with van der Waals surface area (Å²) < 4.78 is 32.3. The van der Waals surface area contributed by atoms with Crippen LogP contribution in [0.15, 0.2) is 40.6 Å². The summed E-state index contributed by atoms with van der Waals surface area (Å²) in [5, 5.41) is 4.55. The van der Waals surface area contributed by atoms with Crippen molar-refractivity contribution in [3.8, 4) is 5.75 Å². The SMILES string of the molecule is CCN(Cc1cccs1)S(=O)(=O)c1ccc2c(c1)NC(=O)CO2. The molecule has 0 saturated heterocycles. The van der Waals surface area contributed by atoms with Gasteiger partial charge in [0.25, 0.3) is 5.91 Å². The molecule has 0 atom stereocenters. The van der Waals surface area contributed by atoms with E-state index in [4.69, 9.17) is 4.74 Å². The molecule has 1 N–H and O–H groups in total. The molecule has 0 aliphatic carbocycles. The van der Waals surface area contributed by atoms with Gasteiger partial charge < -0.3 is 10.1 Å². The van der Waals surface area contributed by atoms with E-state index in [2.05, 4.69) is 5.32 Å². The first-order valence-corrected chi connectivity index (χ1v) is 9.42. The Balaban J connectivity index is 1.92. The molecule has 1 aliphatic heterocycles. The summed E-state index contributed by atoms with van der Waals surface area (Å²) in [5.41, 5.74) is 0.384. The van der Waals surface area contributed by atoms with Gasteiger partial charge in [-0.2, -0.15) is 4.31 Å². The monoisotopic (exact) mass is 352 g/mol. The molecule has 0 radical (unpaired) electrons. The van der Waals surface area contributed by atoms with E-state index in [1.807, 2.05) is 17.5 Å². The van der Waals surface area contributed by atoms with Crippen LogP contribution in [0.4, 0.5) is 5.69 Å². The number of benzene rings is 1. The third-order valence-corrected chi connectivity index (χ3v) is 6.26. The third-order valence-electron chi connectivity index (χ3n) is 3.49. The molecule has 122 valence electrons. The molecule has 1 aliphatic rings. The average molecular weight is 352 g/mol. The van der Waals surface area contributed by atoms with E-state index in [1.54, 1.807) is 13.0 Å². The van der Waals surface area contributed by atoms with Crippen molar-refractivity contribution in [2.75, 3.05) is 18.5 Å². The first kappa shape index (κ1) is 16.0. The Bertz CT molecular complexity index is 816. The van der Waals surface area contributed by atoms with Crippen molar-refractivity contribution in [1.82, 2.24) is 4.31 Å². The molecule has 2 aromatic rings. The molecule has 3 rings (SSSR count). The minimum absolute atomic E-state index is 0.0570. The van der Waals surface area contributed by atoms with E-state index >= 15 is 0 Å². The summed E-state index contributed by atoms with van der Waals surface area (Å²) >= 11 is 1.52. The zero-order valence-corrected chi connectivity index (χ0v) is 14.1. The van der Waals surface area contributed by atoms with Gasteiger partial charge in [0.1, 0.15) is 5.75 Å². The zero-order chi connectivity index (χ0) is 16.4. The highest BCUT2D eigenvalue weighted by atomic mass is 32.2. The largest absolute Gasteiger partial charge is 0.482 e. The standard InChI is InChI=1S/C15H16N2O4S2/c1-2-17(9-11-4-3-7-22-11)23(19,20)12-5-6-14-13(8-12)16-15(18)10-21-14/h3-8H,2,9-10H2,1H3,(H,16,18). The zero-order valence-electron chi connectivity index (χ0n) is 12.5. The lowest BCUT2D eigenvalue weighted by Gasteiger charge is -2.22. The maximum absolute atomic E-state index is 12.8. The van der Waals surface area contributed by atoms with E-state index in [0.717, 1.165) is 4.88 Å². The second-order valence-electron chi connectivity index (χ2n) is 5.01.